The summed E-state index contributed by atoms with van der Waals surface area (Å²) in [5.41, 5.74) is 0.761. The normalized spacial score (nSPS) is 14.7. The number of nitrogens with zero attached hydrogens (tertiary/aromatic N) is 2. The van der Waals surface area contributed by atoms with Crippen LogP contribution in [0.25, 0.3) is 0 Å². The molecule has 0 aromatic carbocycles. The molecule has 0 spiro atoms. The largest absolute Gasteiger partial charge is 0.480 e. The maximum atomic E-state index is 5.27. The van der Waals surface area contributed by atoms with Gasteiger partial charge in [0.05, 0.1) is 19.3 Å². The maximum Gasteiger partial charge on any atom is 0.237 e. The number of aromatic nitrogens is 2. The molecule has 5 heteroatoms. The number of nitrogens with one attached hydrogen (secondary N) is 1. The fourth-order valence-corrected chi connectivity index (χ4v) is 1.44. The molecule has 1 rings (SSSR count). The highest BCUT2D eigenvalue weighted by Crippen LogP contribution is 2.23. The Morgan fingerprint density at radius 3 is 2.47 bits per heavy atom. The second-order valence-corrected chi connectivity index (χ2v) is 3.16. The first-order valence-corrected chi connectivity index (χ1v) is 4.79. The first-order chi connectivity index (χ1) is 7.24. The summed E-state index contributed by atoms with van der Waals surface area (Å²) in [4.78, 5) is 8.36. The zero-order valence-electron chi connectivity index (χ0n) is 9.52. The predicted molar refractivity (Wildman–Crippen MR) is 56.9 cm³/mol. The van der Waals surface area contributed by atoms with Gasteiger partial charge in [0.25, 0.3) is 0 Å². The molecule has 0 aliphatic carbocycles. The monoisotopic (exact) mass is 211 g/mol. The number of hydrogen-bond donors (Lipinski definition) is 1. The van der Waals surface area contributed by atoms with Gasteiger partial charge in [-0.25, -0.2) is 4.98 Å². The Balaban J connectivity index is 3.00. The molecule has 1 heterocycles. The zero-order valence-corrected chi connectivity index (χ0v) is 9.52. The van der Waals surface area contributed by atoms with Gasteiger partial charge in [-0.05, 0) is 14.0 Å². The van der Waals surface area contributed by atoms with Crippen molar-refractivity contribution in [2.75, 3.05) is 21.3 Å². The highest BCUT2D eigenvalue weighted by molar-refractivity contribution is 5.22. The predicted octanol–water partition coefficient (Wildman–Crippen LogP) is 0.781. The van der Waals surface area contributed by atoms with Gasteiger partial charge in [0.1, 0.15) is 5.69 Å². The van der Waals surface area contributed by atoms with E-state index in [-0.39, 0.29) is 12.1 Å². The fraction of sp³-hybridized carbons (Fsp3) is 0.600. The number of hydrogen-bond acceptors (Lipinski definition) is 5. The van der Waals surface area contributed by atoms with Crippen molar-refractivity contribution >= 4 is 0 Å². The van der Waals surface area contributed by atoms with Crippen molar-refractivity contribution in [2.24, 2.45) is 0 Å². The molecule has 84 valence electrons. The van der Waals surface area contributed by atoms with Crippen LogP contribution in [0, 0.1) is 0 Å². The van der Waals surface area contributed by atoms with Crippen LogP contribution < -0.4 is 10.1 Å². The van der Waals surface area contributed by atoms with E-state index in [1.54, 1.807) is 26.6 Å². The van der Waals surface area contributed by atoms with Crippen molar-refractivity contribution in [3.8, 4) is 5.88 Å². The molecular formula is C10H17N3O2. The summed E-state index contributed by atoms with van der Waals surface area (Å²) in [5, 5.41) is 3.14. The third-order valence-electron chi connectivity index (χ3n) is 2.33. The summed E-state index contributed by atoms with van der Waals surface area (Å²) < 4.78 is 10.4. The molecule has 0 bridgehead atoms. The smallest absolute Gasteiger partial charge is 0.237 e. The second-order valence-electron chi connectivity index (χ2n) is 3.16. The van der Waals surface area contributed by atoms with Crippen LogP contribution in [0.2, 0.25) is 0 Å². The van der Waals surface area contributed by atoms with Gasteiger partial charge >= 0.3 is 0 Å². The van der Waals surface area contributed by atoms with E-state index in [0.717, 1.165) is 5.69 Å². The van der Waals surface area contributed by atoms with Crippen molar-refractivity contribution in [2.45, 2.75) is 19.1 Å². The van der Waals surface area contributed by atoms with Crippen molar-refractivity contribution in [3.05, 3.63) is 18.1 Å². The average molecular weight is 211 g/mol. The van der Waals surface area contributed by atoms with E-state index in [4.69, 9.17) is 9.47 Å². The molecule has 0 aliphatic rings. The minimum atomic E-state index is -0.0290. The van der Waals surface area contributed by atoms with Crippen LogP contribution in [0.4, 0.5) is 0 Å². The van der Waals surface area contributed by atoms with Crippen LogP contribution >= 0.6 is 0 Å². The number of rotatable bonds is 5. The summed E-state index contributed by atoms with van der Waals surface area (Å²) in [6.45, 7) is 1.97. The third-order valence-corrected chi connectivity index (χ3v) is 2.33. The van der Waals surface area contributed by atoms with Crippen molar-refractivity contribution in [1.29, 1.82) is 0 Å². The van der Waals surface area contributed by atoms with Gasteiger partial charge in [-0.15, -0.1) is 0 Å². The SMILES string of the molecule is CNC(c1nccnc1OC)C(C)OC. The first-order valence-electron chi connectivity index (χ1n) is 4.79. The Labute approximate surface area is 89.8 Å². The van der Waals surface area contributed by atoms with Gasteiger partial charge in [-0.1, -0.05) is 0 Å². The molecular weight excluding hydrogens is 194 g/mol. The lowest BCUT2D eigenvalue weighted by Crippen LogP contribution is -2.30. The molecule has 2 atom stereocenters. The lowest BCUT2D eigenvalue weighted by atomic mass is 10.1. The molecule has 1 aromatic rings. The van der Waals surface area contributed by atoms with Crippen LogP contribution in [0.3, 0.4) is 0 Å². The molecule has 2 unspecified atom stereocenters. The van der Waals surface area contributed by atoms with Crippen LogP contribution in [0.15, 0.2) is 12.4 Å². The van der Waals surface area contributed by atoms with Crippen molar-refractivity contribution in [3.63, 3.8) is 0 Å². The standard InChI is InChI=1S/C10H17N3O2/c1-7(14-3)8(11-2)9-10(15-4)13-6-5-12-9/h5-8,11H,1-4H3. The Hall–Kier alpha value is -1.20. The lowest BCUT2D eigenvalue weighted by molar-refractivity contribution is 0.0831. The summed E-state index contributed by atoms with van der Waals surface area (Å²) in [6, 6.07) is -0.0290. The van der Waals surface area contributed by atoms with E-state index in [0.29, 0.717) is 5.88 Å². The van der Waals surface area contributed by atoms with Gasteiger partial charge in [0.15, 0.2) is 0 Å². The van der Waals surface area contributed by atoms with E-state index in [2.05, 4.69) is 15.3 Å². The Bertz CT molecular complexity index is 306. The molecule has 0 aliphatic heterocycles. The summed E-state index contributed by atoms with van der Waals surface area (Å²) >= 11 is 0. The number of methoxy groups -OCH3 is 2. The molecule has 5 nitrogen and oxygen atoms in total. The van der Waals surface area contributed by atoms with Gasteiger partial charge < -0.3 is 14.8 Å². The summed E-state index contributed by atoms with van der Waals surface area (Å²) in [7, 11) is 5.10. The Kier molecular flexibility index (Phi) is 4.45. The van der Waals surface area contributed by atoms with E-state index in [9.17, 15) is 0 Å². The summed E-state index contributed by atoms with van der Waals surface area (Å²) in [5.74, 6) is 0.528. The van der Waals surface area contributed by atoms with Crippen LogP contribution in [-0.2, 0) is 4.74 Å². The van der Waals surface area contributed by atoms with E-state index in [1.165, 1.54) is 0 Å². The highest BCUT2D eigenvalue weighted by atomic mass is 16.5. The minimum Gasteiger partial charge on any atom is -0.480 e. The zero-order chi connectivity index (χ0) is 11.3. The Morgan fingerprint density at radius 2 is 1.93 bits per heavy atom. The maximum absolute atomic E-state index is 5.27. The molecule has 0 saturated carbocycles. The summed E-state index contributed by atoms with van der Waals surface area (Å²) in [6.07, 6.45) is 3.25. The first kappa shape index (κ1) is 11.9. The topological polar surface area (TPSA) is 56.3 Å². The second kappa shape index (κ2) is 5.63. The van der Waals surface area contributed by atoms with E-state index < -0.39 is 0 Å². The van der Waals surface area contributed by atoms with Gasteiger partial charge in [-0.3, -0.25) is 4.98 Å². The molecule has 0 saturated heterocycles. The number of ether oxygens (including phenoxy) is 2. The minimum absolute atomic E-state index is 0.000556. The Morgan fingerprint density at radius 1 is 1.27 bits per heavy atom. The van der Waals surface area contributed by atoms with Gasteiger partial charge in [0, 0.05) is 19.5 Å². The highest BCUT2D eigenvalue weighted by Gasteiger charge is 2.22. The third kappa shape index (κ3) is 2.64. The number of likely N-dealkylation sites (N-methyl/N-ethyl adjacent to an activating group) is 1. The molecule has 1 aromatic heterocycles. The van der Waals surface area contributed by atoms with Crippen molar-refractivity contribution < 1.29 is 9.47 Å². The van der Waals surface area contributed by atoms with Crippen LogP contribution in [0.1, 0.15) is 18.7 Å². The van der Waals surface area contributed by atoms with E-state index in [1.807, 2.05) is 14.0 Å². The lowest BCUT2D eigenvalue weighted by Gasteiger charge is -2.22. The quantitative estimate of drug-likeness (QED) is 0.780. The van der Waals surface area contributed by atoms with E-state index >= 15 is 0 Å². The van der Waals surface area contributed by atoms with Gasteiger partial charge in [-0.2, -0.15) is 0 Å². The molecule has 0 radical (unpaired) electrons. The van der Waals surface area contributed by atoms with Gasteiger partial charge in [0.2, 0.25) is 5.88 Å². The van der Waals surface area contributed by atoms with Crippen molar-refractivity contribution in [1.82, 2.24) is 15.3 Å². The van der Waals surface area contributed by atoms with Crippen LogP contribution in [-0.4, -0.2) is 37.3 Å². The fourth-order valence-electron chi connectivity index (χ4n) is 1.44. The van der Waals surface area contributed by atoms with Crippen LogP contribution in [0.5, 0.6) is 5.88 Å². The molecule has 0 fully saturated rings. The molecule has 1 N–H and O–H groups in total. The molecule has 0 amide bonds. The average Bonchev–Trinajstić information content (AvgIpc) is 2.30. The molecule has 15 heavy (non-hydrogen) atoms.